The summed E-state index contributed by atoms with van der Waals surface area (Å²) in [6.07, 6.45) is 2.10. The molecule has 86 valence electrons. The molecule has 0 atom stereocenters. The maximum Gasteiger partial charge on any atom is 0.292 e. The Morgan fingerprint density at radius 1 is 1.44 bits per heavy atom. The van der Waals surface area contributed by atoms with E-state index >= 15 is 0 Å². The predicted octanol–water partition coefficient (Wildman–Crippen LogP) is 2.72. The molecule has 0 unspecified atom stereocenters. The zero-order valence-corrected chi connectivity index (χ0v) is 9.10. The molecule has 0 aromatic heterocycles. The number of nitrogens with zero attached hydrogens (tertiary/aromatic N) is 1. The molecule has 16 heavy (non-hydrogen) atoms. The molecule has 1 rings (SSSR count). The molecular formula is C11H14N2O3. The third-order valence-corrected chi connectivity index (χ3v) is 2.13. The third-order valence-electron chi connectivity index (χ3n) is 2.13. The lowest BCUT2D eigenvalue weighted by atomic mass is 10.2. The van der Waals surface area contributed by atoms with Crippen LogP contribution in [0.25, 0.3) is 0 Å². The summed E-state index contributed by atoms with van der Waals surface area (Å²) in [5.74, 6) is -0.184. The molecule has 5 nitrogen and oxygen atoms in total. The van der Waals surface area contributed by atoms with E-state index in [-0.39, 0.29) is 17.3 Å². The minimum absolute atomic E-state index is 0.0765. The molecule has 1 N–H and O–H groups in total. The molecule has 0 fully saturated rings. The van der Waals surface area contributed by atoms with Gasteiger partial charge in [-0.3, -0.25) is 14.9 Å². The van der Waals surface area contributed by atoms with E-state index in [4.69, 9.17) is 0 Å². The van der Waals surface area contributed by atoms with Crippen LogP contribution in [0.2, 0.25) is 0 Å². The van der Waals surface area contributed by atoms with Crippen molar-refractivity contribution in [3.8, 4) is 0 Å². The van der Waals surface area contributed by atoms with Crippen molar-refractivity contribution in [2.75, 3.05) is 5.32 Å². The lowest BCUT2D eigenvalue weighted by Crippen LogP contribution is -2.12. The molecule has 0 saturated carbocycles. The van der Waals surface area contributed by atoms with Crippen molar-refractivity contribution in [1.82, 2.24) is 0 Å². The number of hydrogen-bond donors (Lipinski definition) is 1. The zero-order chi connectivity index (χ0) is 12.0. The highest BCUT2D eigenvalue weighted by molar-refractivity contribution is 5.92. The number of anilines is 1. The summed E-state index contributed by atoms with van der Waals surface area (Å²) in [7, 11) is 0. The minimum atomic E-state index is -0.505. The summed E-state index contributed by atoms with van der Waals surface area (Å²) >= 11 is 0. The number of benzene rings is 1. The Bertz CT molecular complexity index is 391. The SMILES string of the molecule is CCCCC(=O)Nc1ccccc1[N+](=O)[O-]. The zero-order valence-electron chi connectivity index (χ0n) is 9.10. The molecule has 5 heteroatoms. The first-order valence-corrected chi connectivity index (χ1v) is 5.18. The third kappa shape index (κ3) is 3.34. The molecule has 1 aromatic rings. The number of nitro benzene ring substituents is 1. The van der Waals surface area contributed by atoms with E-state index in [0.29, 0.717) is 6.42 Å². The first kappa shape index (κ1) is 12.2. The summed E-state index contributed by atoms with van der Waals surface area (Å²) in [6, 6.07) is 6.12. The first-order chi connectivity index (χ1) is 7.65. The Hall–Kier alpha value is -1.91. The van der Waals surface area contributed by atoms with Crippen LogP contribution in [-0.2, 0) is 4.79 Å². The fraction of sp³-hybridized carbons (Fsp3) is 0.364. The molecule has 1 aromatic carbocycles. The largest absolute Gasteiger partial charge is 0.320 e. The van der Waals surface area contributed by atoms with E-state index in [0.717, 1.165) is 12.8 Å². The molecule has 0 saturated heterocycles. The van der Waals surface area contributed by atoms with Crippen LogP contribution in [0, 0.1) is 10.1 Å². The van der Waals surface area contributed by atoms with Gasteiger partial charge in [-0.1, -0.05) is 25.5 Å². The van der Waals surface area contributed by atoms with Gasteiger partial charge in [0.05, 0.1) is 4.92 Å². The number of carbonyl (C=O) groups excluding carboxylic acids is 1. The van der Waals surface area contributed by atoms with Crippen LogP contribution in [0.15, 0.2) is 24.3 Å². The van der Waals surface area contributed by atoms with E-state index in [1.165, 1.54) is 12.1 Å². The van der Waals surface area contributed by atoms with Crippen LogP contribution < -0.4 is 5.32 Å². The van der Waals surface area contributed by atoms with Gasteiger partial charge in [-0.25, -0.2) is 0 Å². The monoisotopic (exact) mass is 222 g/mol. The summed E-state index contributed by atoms with van der Waals surface area (Å²) in [5, 5.41) is 13.2. The van der Waals surface area contributed by atoms with Gasteiger partial charge < -0.3 is 5.32 Å². The Morgan fingerprint density at radius 3 is 2.75 bits per heavy atom. The molecule has 1 amide bonds. The fourth-order valence-corrected chi connectivity index (χ4v) is 1.29. The second kappa shape index (κ2) is 5.85. The van der Waals surface area contributed by atoms with Crippen molar-refractivity contribution in [2.24, 2.45) is 0 Å². The Morgan fingerprint density at radius 2 is 2.12 bits per heavy atom. The number of carbonyl (C=O) groups is 1. The molecule has 0 spiro atoms. The van der Waals surface area contributed by atoms with Gasteiger partial charge in [-0.2, -0.15) is 0 Å². The van der Waals surface area contributed by atoms with E-state index in [9.17, 15) is 14.9 Å². The fourth-order valence-electron chi connectivity index (χ4n) is 1.29. The standard InChI is InChI=1S/C11H14N2O3/c1-2-3-8-11(14)12-9-6-4-5-7-10(9)13(15)16/h4-7H,2-3,8H2,1H3,(H,12,14). The Kier molecular flexibility index (Phi) is 4.44. The topological polar surface area (TPSA) is 72.2 Å². The van der Waals surface area contributed by atoms with Crippen LogP contribution >= 0.6 is 0 Å². The van der Waals surface area contributed by atoms with Gasteiger partial charge in [0, 0.05) is 12.5 Å². The molecular weight excluding hydrogens is 208 g/mol. The number of hydrogen-bond acceptors (Lipinski definition) is 3. The van der Waals surface area contributed by atoms with Gasteiger partial charge in [0.1, 0.15) is 5.69 Å². The maximum atomic E-state index is 11.4. The van der Waals surface area contributed by atoms with Gasteiger partial charge in [0.2, 0.25) is 5.91 Å². The van der Waals surface area contributed by atoms with Gasteiger partial charge in [-0.15, -0.1) is 0 Å². The van der Waals surface area contributed by atoms with Gasteiger partial charge in [0.15, 0.2) is 0 Å². The van der Waals surface area contributed by atoms with Crippen LogP contribution in [0.3, 0.4) is 0 Å². The quantitative estimate of drug-likeness (QED) is 0.615. The number of nitrogens with one attached hydrogen (secondary N) is 1. The number of amides is 1. The van der Waals surface area contributed by atoms with E-state index in [1.807, 2.05) is 6.92 Å². The summed E-state index contributed by atoms with van der Waals surface area (Å²) < 4.78 is 0. The Labute approximate surface area is 93.6 Å². The highest BCUT2D eigenvalue weighted by Gasteiger charge is 2.13. The lowest BCUT2D eigenvalue weighted by Gasteiger charge is -2.04. The first-order valence-electron chi connectivity index (χ1n) is 5.18. The van der Waals surface area contributed by atoms with Gasteiger partial charge in [0.25, 0.3) is 5.69 Å². The van der Waals surface area contributed by atoms with Gasteiger partial charge in [-0.05, 0) is 12.5 Å². The van der Waals surface area contributed by atoms with E-state index in [2.05, 4.69) is 5.32 Å². The number of rotatable bonds is 5. The lowest BCUT2D eigenvalue weighted by molar-refractivity contribution is -0.383. The molecule has 0 radical (unpaired) electrons. The minimum Gasteiger partial charge on any atom is -0.320 e. The summed E-state index contributed by atoms with van der Waals surface area (Å²) in [5.41, 5.74) is 0.181. The Balaban J connectivity index is 2.73. The van der Waals surface area contributed by atoms with Crippen molar-refractivity contribution >= 4 is 17.3 Å². The smallest absolute Gasteiger partial charge is 0.292 e. The van der Waals surface area contributed by atoms with Gasteiger partial charge >= 0.3 is 0 Å². The van der Waals surface area contributed by atoms with Crippen LogP contribution in [0.4, 0.5) is 11.4 Å². The second-order valence-electron chi connectivity index (χ2n) is 3.43. The molecule has 0 aliphatic rings. The molecule has 0 aliphatic carbocycles. The number of para-hydroxylation sites is 2. The highest BCUT2D eigenvalue weighted by Crippen LogP contribution is 2.23. The molecule has 0 aliphatic heterocycles. The van der Waals surface area contributed by atoms with Crippen molar-refractivity contribution in [1.29, 1.82) is 0 Å². The summed E-state index contributed by atoms with van der Waals surface area (Å²) in [4.78, 5) is 21.6. The van der Waals surface area contributed by atoms with E-state index in [1.54, 1.807) is 12.1 Å². The van der Waals surface area contributed by atoms with Crippen molar-refractivity contribution < 1.29 is 9.72 Å². The average Bonchev–Trinajstić information content (AvgIpc) is 2.27. The van der Waals surface area contributed by atoms with E-state index < -0.39 is 4.92 Å². The van der Waals surface area contributed by atoms with Crippen molar-refractivity contribution in [2.45, 2.75) is 26.2 Å². The highest BCUT2D eigenvalue weighted by atomic mass is 16.6. The van der Waals surface area contributed by atoms with Crippen molar-refractivity contribution in [3.05, 3.63) is 34.4 Å². The number of unbranched alkanes of at least 4 members (excludes halogenated alkanes) is 1. The van der Waals surface area contributed by atoms with Crippen LogP contribution in [-0.4, -0.2) is 10.8 Å². The maximum absolute atomic E-state index is 11.4. The molecule has 0 heterocycles. The number of nitro groups is 1. The molecule has 0 bridgehead atoms. The predicted molar refractivity (Wildman–Crippen MR) is 61.3 cm³/mol. The van der Waals surface area contributed by atoms with Crippen molar-refractivity contribution in [3.63, 3.8) is 0 Å². The average molecular weight is 222 g/mol. The second-order valence-corrected chi connectivity index (χ2v) is 3.43. The van der Waals surface area contributed by atoms with Crippen LogP contribution in [0.1, 0.15) is 26.2 Å². The summed E-state index contributed by atoms with van der Waals surface area (Å²) in [6.45, 7) is 1.98. The normalized spacial score (nSPS) is 9.81. The van der Waals surface area contributed by atoms with Crippen LogP contribution in [0.5, 0.6) is 0 Å².